The van der Waals surface area contributed by atoms with Gasteiger partial charge in [-0.2, -0.15) is 0 Å². The molecule has 0 aliphatic carbocycles. The first-order chi connectivity index (χ1) is 6.41. The Bertz CT molecular complexity index is 223. The Morgan fingerprint density at radius 1 is 1.36 bits per heavy atom. The Morgan fingerprint density at radius 3 is 2.29 bits per heavy atom. The van der Waals surface area contributed by atoms with Crippen molar-refractivity contribution in [1.82, 2.24) is 0 Å². The van der Waals surface area contributed by atoms with Gasteiger partial charge >= 0.3 is 0 Å². The molecular formula is C14H24. The third-order valence-electron chi connectivity index (χ3n) is 2.45. The van der Waals surface area contributed by atoms with E-state index in [1.165, 1.54) is 12.0 Å². The highest BCUT2D eigenvalue weighted by molar-refractivity contribution is 5.27. The van der Waals surface area contributed by atoms with Gasteiger partial charge in [0.2, 0.25) is 0 Å². The lowest BCUT2D eigenvalue weighted by Gasteiger charge is -2.19. The summed E-state index contributed by atoms with van der Waals surface area (Å²) in [6.45, 7) is 14.9. The molecule has 0 heterocycles. The van der Waals surface area contributed by atoms with Crippen LogP contribution < -0.4 is 0 Å². The summed E-state index contributed by atoms with van der Waals surface area (Å²) in [6.07, 6.45) is 9.70. The van der Waals surface area contributed by atoms with Crippen molar-refractivity contribution in [3.05, 3.63) is 36.5 Å². The first kappa shape index (κ1) is 13.2. The highest BCUT2D eigenvalue weighted by atomic mass is 14.2. The predicted octanol–water partition coefficient (Wildman–Crippen LogP) is 4.75. The Balaban J connectivity index is 4.48. The van der Waals surface area contributed by atoms with Gasteiger partial charge in [-0.3, -0.25) is 0 Å². The highest BCUT2D eigenvalue weighted by Gasteiger charge is 2.12. The van der Waals surface area contributed by atoms with Crippen molar-refractivity contribution in [2.75, 3.05) is 0 Å². The maximum absolute atomic E-state index is 3.84. The summed E-state index contributed by atoms with van der Waals surface area (Å²) in [4.78, 5) is 0. The van der Waals surface area contributed by atoms with E-state index in [0.29, 0.717) is 5.92 Å². The van der Waals surface area contributed by atoms with Crippen molar-refractivity contribution >= 4 is 0 Å². The van der Waals surface area contributed by atoms with Crippen molar-refractivity contribution in [1.29, 1.82) is 0 Å². The zero-order valence-corrected chi connectivity index (χ0v) is 10.3. The molecule has 80 valence electrons. The van der Waals surface area contributed by atoms with Crippen molar-refractivity contribution in [2.24, 2.45) is 11.3 Å². The normalized spacial score (nSPS) is 15.9. The fourth-order valence-electron chi connectivity index (χ4n) is 1.11. The summed E-state index contributed by atoms with van der Waals surface area (Å²) in [7, 11) is 0. The molecular weight excluding hydrogens is 168 g/mol. The zero-order valence-electron chi connectivity index (χ0n) is 10.3. The molecule has 1 atom stereocenters. The molecule has 0 saturated heterocycles. The van der Waals surface area contributed by atoms with Crippen LogP contribution in [0.25, 0.3) is 0 Å². The number of rotatable bonds is 4. The molecule has 14 heavy (non-hydrogen) atoms. The summed E-state index contributed by atoms with van der Waals surface area (Å²) in [5.41, 5.74) is 1.48. The fraction of sp³-hybridized carbons (Fsp3) is 0.571. The molecule has 0 aliphatic rings. The summed E-state index contributed by atoms with van der Waals surface area (Å²) < 4.78 is 0. The van der Waals surface area contributed by atoms with E-state index in [0.717, 1.165) is 0 Å². The molecule has 0 radical (unpaired) electrons. The molecule has 0 aromatic heterocycles. The van der Waals surface area contributed by atoms with Crippen molar-refractivity contribution in [2.45, 2.75) is 41.0 Å². The standard InChI is InChI=1S/C14H24/c1-7-12(3)10-9-11-13(8-2)14(4,5)6/h8-12H,2,7H2,1,3-6H3. The van der Waals surface area contributed by atoms with E-state index >= 15 is 0 Å². The molecule has 0 rings (SSSR count). The average Bonchev–Trinajstić information content (AvgIpc) is 2.09. The topological polar surface area (TPSA) is 0 Å². The van der Waals surface area contributed by atoms with Gasteiger partial charge < -0.3 is 0 Å². The molecule has 0 N–H and O–H groups in total. The van der Waals surface area contributed by atoms with Crippen LogP contribution in [0.4, 0.5) is 0 Å². The molecule has 0 saturated carbocycles. The Hall–Kier alpha value is -0.780. The van der Waals surface area contributed by atoms with Crippen LogP contribution in [-0.4, -0.2) is 0 Å². The van der Waals surface area contributed by atoms with E-state index in [2.05, 4.69) is 59.4 Å². The van der Waals surface area contributed by atoms with Crippen LogP contribution >= 0.6 is 0 Å². The first-order valence-corrected chi connectivity index (χ1v) is 5.43. The lowest BCUT2D eigenvalue weighted by atomic mass is 9.86. The monoisotopic (exact) mass is 192 g/mol. The molecule has 0 bridgehead atoms. The van der Waals surface area contributed by atoms with E-state index in [1.807, 2.05) is 6.08 Å². The quantitative estimate of drug-likeness (QED) is 0.564. The third kappa shape index (κ3) is 5.06. The predicted molar refractivity (Wildman–Crippen MR) is 66.3 cm³/mol. The molecule has 0 heteroatoms. The van der Waals surface area contributed by atoms with E-state index < -0.39 is 0 Å². The van der Waals surface area contributed by atoms with Gasteiger partial charge in [-0.1, -0.05) is 71.9 Å². The summed E-state index contributed by atoms with van der Waals surface area (Å²) in [5.74, 6) is 0.664. The second-order valence-corrected chi connectivity index (χ2v) is 4.85. The zero-order chi connectivity index (χ0) is 11.2. The molecule has 0 aromatic rings. The molecule has 0 fully saturated rings. The molecule has 0 aromatic carbocycles. The molecule has 0 aliphatic heterocycles. The number of hydrogen-bond acceptors (Lipinski definition) is 0. The fourth-order valence-corrected chi connectivity index (χ4v) is 1.11. The average molecular weight is 192 g/mol. The molecule has 0 nitrogen and oxygen atoms in total. The smallest absolute Gasteiger partial charge is 0.0132 e. The maximum atomic E-state index is 3.84. The Morgan fingerprint density at radius 2 is 1.93 bits per heavy atom. The second kappa shape index (κ2) is 5.85. The first-order valence-electron chi connectivity index (χ1n) is 5.43. The summed E-state index contributed by atoms with van der Waals surface area (Å²) >= 11 is 0. The van der Waals surface area contributed by atoms with Gasteiger partial charge in [0, 0.05) is 0 Å². The molecule has 1 unspecified atom stereocenters. The summed E-state index contributed by atoms with van der Waals surface area (Å²) in [5, 5.41) is 0. The number of hydrogen-bond donors (Lipinski definition) is 0. The highest BCUT2D eigenvalue weighted by Crippen LogP contribution is 2.25. The SMILES string of the molecule is C=CC(=CC=CC(C)CC)C(C)(C)C. The van der Waals surface area contributed by atoms with E-state index in [1.54, 1.807) is 0 Å². The Kier molecular flexibility index (Phi) is 5.52. The molecule has 0 spiro atoms. The van der Waals surface area contributed by atoms with Crippen LogP contribution in [0.15, 0.2) is 36.5 Å². The van der Waals surface area contributed by atoms with Gasteiger partial charge in [-0.05, 0) is 16.9 Å². The number of allylic oxidation sites excluding steroid dienone is 5. The van der Waals surface area contributed by atoms with Gasteiger partial charge in [0.05, 0.1) is 0 Å². The minimum atomic E-state index is 0.196. The van der Waals surface area contributed by atoms with Crippen LogP contribution in [0, 0.1) is 11.3 Å². The van der Waals surface area contributed by atoms with Gasteiger partial charge in [0.1, 0.15) is 0 Å². The van der Waals surface area contributed by atoms with E-state index in [9.17, 15) is 0 Å². The lowest BCUT2D eigenvalue weighted by molar-refractivity contribution is 0.517. The van der Waals surface area contributed by atoms with Crippen LogP contribution in [0.1, 0.15) is 41.0 Å². The lowest BCUT2D eigenvalue weighted by Crippen LogP contribution is -2.06. The van der Waals surface area contributed by atoms with Crippen molar-refractivity contribution in [3.8, 4) is 0 Å². The minimum Gasteiger partial charge on any atom is -0.0988 e. The largest absolute Gasteiger partial charge is 0.0988 e. The van der Waals surface area contributed by atoms with Gasteiger partial charge in [0.15, 0.2) is 0 Å². The molecule has 0 amide bonds. The van der Waals surface area contributed by atoms with Crippen molar-refractivity contribution < 1.29 is 0 Å². The van der Waals surface area contributed by atoms with Crippen LogP contribution in [0.5, 0.6) is 0 Å². The van der Waals surface area contributed by atoms with E-state index in [4.69, 9.17) is 0 Å². The van der Waals surface area contributed by atoms with Gasteiger partial charge in [-0.15, -0.1) is 0 Å². The van der Waals surface area contributed by atoms with Gasteiger partial charge in [0.25, 0.3) is 0 Å². The third-order valence-corrected chi connectivity index (χ3v) is 2.45. The second-order valence-electron chi connectivity index (χ2n) is 4.85. The van der Waals surface area contributed by atoms with Crippen LogP contribution in [-0.2, 0) is 0 Å². The summed E-state index contributed by atoms with van der Waals surface area (Å²) in [6, 6.07) is 0. The van der Waals surface area contributed by atoms with Gasteiger partial charge in [-0.25, -0.2) is 0 Å². The Labute approximate surface area is 89.4 Å². The maximum Gasteiger partial charge on any atom is -0.0132 e. The van der Waals surface area contributed by atoms with Crippen LogP contribution in [0.3, 0.4) is 0 Å². The van der Waals surface area contributed by atoms with Crippen molar-refractivity contribution in [3.63, 3.8) is 0 Å². The van der Waals surface area contributed by atoms with Crippen LogP contribution in [0.2, 0.25) is 0 Å². The minimum absolute atomic E-state index is 0.196. The van der Waals surface area contributed by atoms with E-state index in [-0.39, 0.29) is 5.41 Å².